The molecule has 0 aromatic heterocycles. The van der Waals surface area contributed by atoms with Gasteiger partial charge in [0.15, 0.2) is 0 Å². The summed E-state index contributed by atoms with van der Waals surface area (Å²) in [6.45, 7) is 8.73. The normalized spacial score (nSPS) is 16.4. The van der Waals surface area contributed by atoms with E-state index in [1.807, 2.05) is 0 Å². The maximum absolute atomic E-state index is 9.85. The Morgan fingerprint density at radius 3 is 1.87 bits per heavy atom. The Kier molecular flexibility index (Phi) is 7.09. The third-order valence-corrected chi connectivity index (χ3v) is 2.64. The van der Waals surface area contributed by atoms with Crippen LogP contribution in [0.15, 0.2) is 0 Å². The molecule has 0 bridgehead atoms. The van der Waals surface area contributed by atoms with Gasteiger partial charge in [0.2, 0.25) is 0 Å². The summed E-state index contributed by atoms with van der Waals surface area (Å²) in [7, 11) is 1.50. The van der Waals surface area contributed by atoms with Gasteiger partial charge in [-0.15, -0.1) is 0 Å². The molecule has 0 rings (SSSR count). The van der Waals surface area contributed by atoms with Gasteiger partial charge < -0.3 is 14.9 Å². The van der Waals surface area contributed by atoms with Crippen molar-refractivity contribution in [3.8, 4) is 0 Å². The summed E-state index contributed by atoms with van der Waals surface area (Å²) in [5.74, 6) is 0. The molecule has 0 amide bonds. The molecule has 0 radical (unpaired) electrons. The van der Waals surface area contributed by atoms with Crippen LogP contribution in [0.2, 0.25) is 0 Å². The Bertz CT molecular complexity index is 150. The minimum Gasteiger partial charge on any atom is -0.394 e. The molecule has 92 valence electrons. The molecule has 0 aromatic carbocycles. The first-order valence-electron chi connectivity index (χ1n) is 5.51. The molecule has 0 fully saturated rings. The summed E-state index contributed by atoms with van der Waals surface area (Å²) in [6.07, 6.45) is -1.14. The van der Waals surface area contributed by atoms with Crippen molar-refractivity contribution in [3.63, 3.8) is 0 Å². The van der Waals surface area contributed by atoms with Gasteiger partial charge in [-0.05, 0) is 27.7 Å². The van der Waals surface area contributed by atoms with Gasteiger partial charge in [0.05, 0.1) is 12.7 Å². The van der Waals surface area contributed by atoms with E-state index in [4.69, 9.17) is 9.84 Å². The Morgan fingerprint density at radius 2 is 1.60 bits per heavy atom. The molecule has 0 heterocycles. The molecule has 0 saturated carbocycles. The molecule has 4 nitrogen and oxygen atoms in total. The van der Waals surface area contributed by atoms with E-state index in [9.17, 15) is 5.11 Å². The molecular formula is C11H25NO3. The third-order valence-electron chi connectivity index (χ3n) is 2.64. The van der Waals surface area contributed by atoms with Crippen LogP contribution in [-0.2, 0) is 4.74 Å². The van der Waals surface area contributed by atoms with E-state index in [-0.39, 0.29) is 6.61 Å². The van der Waals surface area contributed by atoms with Crippen molar-refractivity contribution in [1.82, 2.24) is 4.90 Å². The lowest BCUT2D eigenvalue weighted by molar-refractivity contribution is -0.0593. The standard InChI is InChI=1S/C11H25NO3/c1-8(2)12(9(3)4)6-10(14)11(7-13)15-5/h8-11,13-14H,6-7H2,1-5H3. The lowest BCUT2D eigenvalue weighted by Crippen LogP contribution is -2.47. The molecule has 0 saturated heterocycles. The topological polar surface area (TPSA) is 52.9 Å². The van der Waals surface area contributed by atoms with Gasteiger partial charge in [-0.2, -0.15) is 0 Å². The zero-order valence-corrected chi connectivity index (χ0v) is 10.5. The molecule has 2 atom stereocenters. The van der Waals surface area contributed by atoms with Crippen LogP contribution < -0.4 is 0 Å². The lowest BCUT2D eigenvalue weighted by Gasteiger charge is -2.34. The fraction of sp³-hybridized carbons (Fsp3) is 1.00. The van der Waals surface area contributed by atoms with Crippen molar-refractivity contribution >= 4 is 0 Å². The second kappa shape index (κ2) is 7.17. The zero-order valence-electron chi connectivity index (χ0n) is 10.5. The summed E-state index contributed by atoms with van der Waals surface area (Å²) in [4.78, 5) is 2.17. The summed E-state index contributed by atoms with van der Waals surface area (Å²) in [5.41, 5.74) is 0. The Balaban J connectivity index is 4.27. The van der Waals surface area contributed by atoms with Gasteiger partial charge in [0.1, 0.15) is 6.10 Å². The van der Waals surface area contributed by atoms with Crippen molar-refractivity contribution in [2.24, 2.45) is 0 Å². The molecule has 0 aliphatic rings. The highest BCUT2D eigenvalue weighted by atomic mass is 16.5. The Morgan fingerprint density at radius 1 is 1.13 bits per heavy atom. The summed E-state index contributed by atoms with van der Waals surface area (Å²) < 4.78 is 4.99. The van der Waals surface area contributed by atoms with Crippen LogP contribution in [0.1, 0.15) is 27.7 Å². The van der Waals surface area contributed by atoms with E-state index in [1.54, 1.807) is 0 Å². The molecule has 15 heavy (non-hydrogen) atoms. The molecule has 0 aliphatic carbocycles. The first-order valence-corrected chi connectivity index (χ1v) is 5.51. The maximum atomic E-state index is 9.85. The highest BCUT2D eigenvalue weighted by Gasteiger charge is 2.23. The average Bonchev–Trinajstić information content (AvgIpc) is 2.15. The van der Waals surface area contributed by atoms with E-state index < -0.39 is 12.2 Å². The van der Waals surface area contributed by atoms with Gasteiger partial charge in [0, 0.05) is 25.7 Å². The number of rotatable bonds is 7. The van der Waals surface area contributed by atoms with Crippen LogP contribution in [0.5, 0.6) is 0 Å². The smallest absolute Gasteiger partial charge is 0.107 e. The number of ether oxygens (including phenoxy) is 1. The van der Waals surface area contributed by atoms with Gasteiger partial charge >= 0.3 is 0 Å². The molecule has 4 heteroatoms. The maximum Gasteiger partial charge on any atom is 0.107 e. The number of aliphatic hydroxyl groups excluding tert-OH is 2. The predicted octanol–water partition coefficient (Wildman–Crippen LogP) is 0.473. The monoisotopic (exact) mass is 219 g/mol. The van der Waals surface area contributed by atoms with E-state index in [0.717, 1.165) is 0 Å². The lowest BCUT2D eigenvalue weighted by atomic mass is 10.1. The highest BCUT2D eigenvalue weighted by molar-refractivity contribution is 4.76. The van der Waals surface area contributed by atoms with E-state index >= 15 is 0 Å². The largest absolute Gasteiger partial charge is 0.394 e. The van der Waals surface area contributed by atoms with Gasteiger partial charge in [-0.1, -0.05) is 0 Å². The number of hydrogen-bond acceptors (Lipinski definition) is 4. The van der Waals surface area contributed by atoms with Gasteiger partial charge in [-0.3, -0.25) is 4.90 Å². The molecule has 0 aliphatic heterocycles. The number of methoxy groups -OCH3 is 1. The minimum absolute atomic E-state index is 0.151. The predicted molar refractivity (Wildman–Crippen MR) is 60.9 cm³/mol. The SMILES string of the molecule is COC(CO)C(O)CN(C(C)C)C(C)C. The first-order chi connectivity index (χ1) is 6.93. The number of nitrogens with zero attached hydrogens (tertiary/aromatic N) is 1. The molecule has 2 unspecified atom stereocenters. The van der Waals surface area contributed by atoms with Crippen LogP contribution in [-0.4, -0.2) is 59.7 Å². The third kappa shape index (κ3) is 4.93. The van der Waals surface area contributed by atoms with Crippen molar-refractivity contribution in [2.75, 3.05) is 20.3 Å². The average molecular weight is 219 g/mol. The van der Waals surface area contributed by atoms with Gasteiger partial charge in [0.25, 0.3) is 0 Å². The van der Waals surface area contributed by atoms with Crippen molar-refractivity contribution in [2.45, 2.75) is 52.0 Å². The van der Waals surface area contributed by atoms with Gasteiger partial charge in [-0.25, -0.2) is 0 Å². The van der Waals surface area contributed by atoms with Crippen molar-refractivity contribution in [1.29, 1.82) is 0 Å². The zero-order chi connectivity index (χ0) is 12.0. The Labute approximate surface area is 92.9 Å². The van der Waals surface area contributed by atoms with Crippen LogP contribution in [0.25, 0.3) is 0 Å². The van der Waals surface area contributed by atoms with Crippen LogP contribution in [0.3, 0.4) is 0 Å². The van der Waals surface area contributed by atoms with E-state index in [0.29, 0.717) is 18.6 Å². The van der Waals surface area contributed by atoms with Crippen molar-refractivity contribution in [3.05, 3.63) is 0 Å². The number of aliphatic hydroxyl groups is 2. The highest BCUT2D eigenvalue weighted by Crippen LogP contribution is 2.08. The minimum atomic E-state index is -0.648. The van der Waals surface area contributed by atoms with E-state index in [1.165, 1.54) is 7.11 Å². The molecular weight excluding hydrogens is 194 g/mol. The Hall–Kier alpha value is -0.160. The second-order valence-electron chi connectivity index (χ2n) is 4.41. The molecule has 2 N–H and O–H groups in total. The quantitative estimate of drug-likeness (QED) is 0.654. The summed E-state index contributed by atoms with van der Waals surface area (Å²) >= 11 is 0. The van der Waals surface area contributed by atoms with Crippen molar-refractivity contribution < 1.29 is 14.9 Å². The summed E-state index contributed by atoms with van der Waals surface area (Å²) in [5, 5.41) is 18.8. The fourth-order valence-electron chi connectivity index (χ4n) is 1.70. The molecule has 0 aromatic rings. The number of hydrogen-bond donors (Lipinski definition) is 2. The molecule has 0 spiro atoms. The summed E-state index contributed by atoms with van der Waals surface area (Å²) in [6, 6.07) is 0.742. The van der Waals surface area contributed by atoms with Crippen LogP contribution >= 0.6 is 0 Å². The van der Waals surface area contributed by atoms with Crippen LogP contribution in [0.4, 0.5) is 0 Å². The second-order valence-corrected chi connectivity index (χ2v) is 4.41. The van der Waals surface area contributed by atoms with E-state index in [2.05, 4.69) is 32.6 Å². The van der Waals surface area contributed by atoms with Crippen LogP contribution in [0, 0.1) is 0 Å². The first kappa shape index (κ1) is 14.8. The fourth-order valence-corrected chi connectivity index (χ4v) is 1.70.